The third kappa shape index (κ3) is 4.96. The van der Waals surface area contributed by atoms with Crippen LogP contribution in [-0.4, -0.2) is 25.3 Å². The first-order valence-corrected chi connectivity index (χ1v) is 16.1. The molecule has 0 atom stereocenters. The summed E-state index contributed by atoms with van der Waals surface area (Å²) in [5.41, 5.74) is 2.38. The minimum Gasteiger partial charge on any atom is -0.279 e. The van der Waals surface area contributed by atoms with E-state index in [4.69, 9.17) is 0 Å². The molecule has 0 fully saturated rings. The Balaban J connectivity index is 1.73. The van der Waals surface area contributed by atoms with E-state index < -0.39 is 30.1 Å². The van der Waals surface area contributed by atoms with Gasteiger partial charge in [-0.3, -0.25) is 4.72 Å². The predicted octanol–water partition coefficient (Wildman–Crippen LogP) is 5.14. The molecule has 1 aliphatic rings. The Morgan fingerprint density at radius 1 is 0.667 bits per heavy atom. The lowest BCUT2D eigenvalue weighted by molar-refractivity contribution is 0.584. The molecule has 4 aromatic rings. The van der Waals surface area contributed by atoms with E-state index >= 15 is 0 Å². The number of hydrogen-bond acceptors (Lipinski definition) is 6. The summed E-state index contributed by atoms with van der Waals surface area (Å²) in [6.07, 6.45) is 1.40. The first kappa shape index (κ1) is 26.7. The summed E-state index contributed by atoms with van der Waals surface area (Å²) in [6.45, 7) is 3.58. The van der Waals surface area contributed by atoms with Gasteiger partial charge in [-0.15, -0.1) is 0 Å². The van der Waals surface area contributed by atoms with Crippen molar-refractivity contribution >= 4 is 52.4 Å². The summed E-state index contributed by atoms with van der Waals surface area (Å²) in [4.78, 5) is -0.437. The van der Waals surface area contributed by atoms with Crippen LogP contribution in [0.1, 0.15) is 22.3 Å². The molecule has 200 valence electrons. The Hall–Kier alpha value is -3.93. The molecule has 0 saturated heterocycles. The van der Waals surface area contributed by atoms with Gasteiger partial charge in [0.25, 0.3) is 30.1 Å². The van der Waals surface area contributed by atoms with Gasteiger partial charge in [-0.05, 0) is 68.0 Å². The summed E-state index contributed by atoms with van der Waals surface area (Å²) < 4.78 is 84.4. The number of rotatable bonds is 6. The number of anilines is 2. The van der Waals surface area contributed by atoms with E-state index in [1.807, 2.05) is 0 Å². The standard InChI is InChI=1S/C28H24N2O6S3/c1-20-8-13-25(14-9-20)38(33,34)30(39(35,36)26-15-10-21(2)11-16-26)24-12-17-27-23(18-24)19-28(37(31,32)29-27)22-6-4-3-5-7-22/h3-19,29H,1-2H3. The van der Waals surface area contributed by atoms with Crippen LogP contribution in [0.25, 0.3) is 11.0 Å². The first-order valence-electron chi connectivity index (χ1n) is 11.8. The smallest absolute Gasteiger partial charge is 0.277 e. The van der Waals surface area contributed by atoms with Crippen molar-refractivity contribution < 1.29 is 25.3 Å². The van der Waals surface area contributed by atoms with Gasteiger partial charge in [0.05, 0.1) is 26.1 Å². The lowest BCUT2D eigenvalue weighted by Gasteiger charge is -2.26. The molecule has 0 spiro atoms. The average molecular weight is 581 g/mol. The fourth-order valence-electron chi connectivity index (χ4n) is 4.15. The fourth-order valence-corrected chi connectivity index (χ4v) is 9.14. The molecule has 0 unspecified atom stereocenters. The van der Waals surface area contributed by atoms with E-state index in [9.17, 15) is 25.3 Å². The minimum atomic E-state index is -4.62. The number of benzene rings is 4. The largest absolute Gasteiger partial charge is 0.279 e. The lowest BCUT2D eigenvalue weighted by Crippen LogP contribution is -2.37. The van der Waals surface area contributed by atoms with Crippen LogP contribution in [0.3, 0.4) is 0 Å². The third-order valence-corrected chi connectivity index (χ3v) is 11.8. The molecule has 0 amide bonds. The first-order chi connectivity index (χ1) is 18.4. The van der Waals surface area contributed by atoms with Crippen molar-refractivity contribution in [2.24, 2.45) is 0 Å². The normalized spacial score (nSPS) is 14.6. The van der Waals surface area contributed by atoms with E-state index in [1.165, 1.54) is 48.5 Å². The Morgan fingerprint density at radius 3 is 1.69 bits per heavy atom. The monoisotopic (exact) mass is 580 g/mol. The van der Waals surface area contributed by atoms with E-state index in [0.29, 0.717) is 14.8 Å². The minimum absolute atomic E-state index is 0.0258. The predicted molar refractivity (Wildman–Crippen MR) is 153 cm³/mol. The van der Waals surface area contributed by atoms with Crippen molar-refractivity contribution in [1.29, 1.82) is 0 Å². The third-order valence-electron chi connectivity index (χ3n) is 6.20. The second kappa shape index (κ2) is 9.67. The molecule has 39 heavy (non-hydrogen) atoms. The second-order valence-electron chi connectivity index (χ2n) is 9.09. The van der Waals surface area contributed by atoms with E-state index in [2.05, 4.69) is 4.72 Å². The van der Waals surface area contributed by atoms with Crippen LogP contribution in [0.5, 0.6) is 0 Å². The van der Waals surface area contributed by atoms with Gasteiger partial charge >= 0.3 is 0 Å². The van der Waals surface area contributed by atoms with Gasteiger partial charge in [-0.1, -0.05) is 65.7 Å². The highest BCUT2D eigenvalue weighted by molar-refractivity contribution is 8.10. The van der Waals surface area contributed by atoms with Crippen molar-refractivity contribution in [2.75, 3.05) is 8.43 Å². The van der Waals surface area contributed by atoms with Gasteiger partial charge in [0, 0.05) is 5.56 Å². The Bertz CT molecular complexity index is 1840. The molecule has 4 aromatic carbocycles. The summed E-state index contributed by atoms with van der Waals surface area (Å²) >= 11 is 0. The van der Waals surface area contributed by atoms with Gasteiger partial charge < -0.3 is 0 Å². The zero-order valence-corrected chi connectivity index (χ0v) is 23.4. The van der Waals surface area contributed by atoms with Crippen molar-refractivity contribution in [3.05, 3.63) is 119 Å². The Kier molecular flexibility index (Phi) is 6.61. The molecule has 1 aliphatic heterocycles. The van der Waals surface area contributed by atoms with E-state index in [1.54, 1.807) is 68.4 Å². The molecule has 0 radical (unpaired) electrons. The average Bonchev–Trinajstić information content (AvgIpc) is 2.89. The van der Waals surface area contributed by atoms with Crippen molar-refractivity contribution in [1.82, 2.24) is 0 Å². The topological polar surface area (TPSA) is 118 Å². The molecule has 5 rings (SSSR count). The molecule has 8 nitrogen and oxygen atoms in total. The van der Waals surface area contributed by atoms with E-state index in [-0.39, 0.29) is 26.1 Å². The lowest BCUT2D eigenvalue weighted by atomic mass is 10.1. The fraction of sp³-hybridized carbons (Fsp3) is 0.0714. The van der Waals surface area contributed by atoms with Crippen LogP contribution in [0.15, 0.2) is 107 Å². The zero-order valence-electron chi connectivity index (χ0n) is 20.9. The van der Waals surface area contributed by atoms with Crippen LogP contribution >= 0.6 is 0 Å². The molecule has 11 heteroatoms. The van der Waals surface area contributed by atoms with Gasteiger partial charge in [-0.2, -0.15) is 3.71 Å². The number of nitrogens with zero attached hydrogens (tertiary/aromatic N) is 1. The summed E-state index contributed by atoms with van der Waals surface area (Å²) in [5.74, 6) is 0. The molecule has 0 aliphatic carbocycles. The molecule has 0 bridgehead atoms. The number of hydrogen-bond donors (Lipinski definition) is 1. The number of fused-ring (bicyclic) bond motifs is 1. The zero-order chi connectivity index (χ0) is 28.0. The molecule has 1 heterocycles. The second-order valence-corrected chi connectivity index (χ2v) is 14.5. The quantitative estimate of drug-likeness (QED) is 0.337. The number of sulfonamides is 3. The Morgan fingerprint density at radius 2 is 1.18 bits per heavy atom. The summed E-state index contributed by atoms with van der Waals surface area (Å²) in [5, 5.41) is 0. The van der Waals surface area contributed by atoms with Crippen molar-refractivity contribution in [2.45, 2.75) is 23.6 Å². The highest BCUT2D eigenvalue weighted by Gasteiger charge is 2.38. The Labute approximate surface area is 228 Å². The van der Waals surface area contributed by atoms with Gasteiger partial charge in [-0.25, -0.2) is 25.3 Å². The molecule has 0 aromatic heterocycles. The molecule has 1 N–H and O–H groups in total. The van der Waals surface area contributed by atoms with Gasteiger partial charge in [0.2, 0.25) is 0 Å². The highest BCUT2D eigenvalue weighted by Crippen LogP contribution is 2.38. The number of nitrogens with one attached hydrogen (secondary N) is 1. The highest BCUT2D eigenvalue weighted by atomic mass is 32.3. The summed E-state index contributed by atoms with van der Waals surface area (Å²) in [7, 11) is -13.1. The van der Waals surface area contributed by atoms with Crippen LogP contribution in [0.4, 0.5) is 11.4 Å². The van der Waals surface area contributed by atoms with Crippen LogP contribution in [0.2, 0.25) is 0 Å². The molecular formula is C28H24N2O6S3. The number of aryl methyl sites for hydroxylation is 2. The molecule has 0 saturated carbocycles. The van der Waals surface area contributed by atoms with Crippen LogP contribution < -0.4 is 8.43 Å². The van der Waals surface area contributed by atoms with Crippen molar-refractivity contribution in [3.63, 3.8) is 0 Å². The maximum absolute atomic E-state index is 13.9. The van der Waals surface area contributed by atoms with Crippen molar-refractivity contribution in [3.8, 4) is 0 Å². The van der Waals surface area contributed by atoms with Gasteiger partial charge in [0.15, 0.2) is 0 Å². The maximum atomic E-state index is 13.9. The summed E-state index contributed by atoms with van der Waals surface area (Å²) in [6, 6.07) is 24.1. The van der Waals surface area contributed by atoms with Crippen LogP contribution in [0, 0.1) is 13.8 Å². The molecular weight excluding hydrogens is 557 g/mol. The SMILES string of the molecule is Cc1ccc(S(=O)(=O)N(c2ccc3c(c2)C=C(c2ccccc2)S(=O)(=O)N3)S(=O)(=O)c2ccc(C)cc2)cc1. The maximum Gasteiger partial charge on any atom is 0.277 e. The van der Waals surface area contributed by atoms with Crippen LogP contribution in [-0.2, 0) is 30.1 Å². The van der Waals surface area contributed by atoms with Gasteiger partial charge in [0.1, 0.15) is 0 Å². The van der Waals surface area contributed by atoms with E-state index in [0.717, 1.165) is 11.1 Å².